The summed E-state index contributed by atoms with van der Waals surface area (Å²) in [6.45, 7) is 8.14. The van der Waals surface area contributed by atoms with Crippen molar-refractivity contribution in [2.45, 2.75) is 19.3 Å². The van der Waals surface area contributed by atoms with Crippen LogP contribution in [0.15, 0.2) is 25.3 Å². The van der Waals surface area contributed by atoms with Gasteiger partial charge in [-0.15, -0.1) is 13.2 Å². The Labute approximate surface area is 73.4 Å². The summed E-state index contributed by atoms with van der Waals surface area (Å²) < 4.78 is 0. The van der Waals surface area contributed by atoms with Crippen molar-refractivity contribution in [1.82, 2.24) is 5.32 Å². The van der Waals surface area contributed by atoms with Gasteiger partial charge in [0.05, 0.1) is 5.41 Å². The molecule has 66 valence electrons. The second-order valence-electron chi connectivity index (χ2n) is 3.27. The van der Waals surface area contributed by atoms with Crippen molar-refractivity contribution in [1.29, 1.82) is 0 Å². The van der Waals surface area contributed by atoms with E-state index in [1.807, 2.05) is 12.2 Å². The molecule has 1 N–H and O–H groups in total. The third-order valence-corrected chi connectivity index (χ3v) is 2.44. The van der Waals surface area contributed by atoms with Gasteiger partial charge in [-0.2, -0.15) is 0 Å². The Bertz CT molecular complexity index is 198. The highest BCUT2D eigenvalue weighted by Crippen LogP contribution is 2.35. The zero-order chi connectivity index (χ0) is 9.03. The van der Waals surface area contributed by atoms with Crippen molar-refractivity contribution in [3.8, 4) is 0 Å². The third kappa shape index (κ3) is 1.42. The molecular formula is C10H15NO. The summed E-state index contributed by atoms with van der Waals surface area (Å²) in [5.74, 6) is 0.155. The van der Waals surface area contributed by atoms with Gasteiger partial charge in [0.25, 0.3) is 0 Å². The fraction of sp³-hybridized carbons (Fsp3) is 0.500. The molecule has 1 aliphatic heterocycles. The molecule has 1 aliphatic rings. The first kappa shape index (κ1) is 9.04. The topological polar surface area (TPSA) is 29.1 Å². The summed E-state index contributed by atoms with van der Waals surface area (Å²) >= 11 is 0. The molecular weight excluding hydrogens is 150 g/mol. The van der Waals surface area contributed by atoms with Crippen molar-refractivity contribution in [2.24, 2.45) is 5.41 Å². The lowest BCUT2D eigenvalue weighted by Gasteiger charge is -2.22. The van der Waals surface area contributed by atoms with Crippen LogP contribution in [0.5, 0.6) is 0 Å². The summed E-state index contributed by atoms with van der Waals surface area (Å²) in [5.41, 5.74) is -0.233. The maximum absolute atomic E-state index is 11.5. The molecule has 1 fully saturated rings. The van der Waals surface area contributed by atoms with Crippen LogP contribution in [0.3, 0.4) is 0 Å². The largest absolute Gasteiger partial charge is 0.356 e. The molecule has 0 bridgehead atoms. The predicted molar refractivity (Wildman–Crippen MR) is 49.7 cm³/mol. The lowest BCUT2D eigenvalue weighted by atomic mass is 9.80. The van der Waals surface area contributed by atoms with E-state index in [9.17, 15) is 4.79 Å². The molecule has 0 spiro atoms. The fourth-order valence-corrected chi connectivity index (χ4v) is 1.74. The van der Waals surface area contributed by atoms with Crippen LogP contribution < -0.4 is 5.32 Å². The minimum Gasteiger partial charge on any atom is -0.356 e. The third-order valence-electron chi connectivity index (χ3n) is 2.44. The highest BCUT2D eigenvalue weighted by molar-refractivity contribution is 5.85. The molecule has 2 nitrogen and oxygen atoms in total. The molecule has 0 aliphatic carbocycles. The number of nitrogens with one attached hydrogen (secondary N) is 1. The molecule has 0 aromatic carbocycles. The van der Waals surface area contributed by atoms with Crippen LogP contribution in [-0.4, -0.2) is 12.5 Å². The number of carbonyl (C=O) groups is 1. The first-order valence-electron chi connectivity index (χ1n) is 4.25. The van der Waals surface area contributed by atoms with Crippen LogP contribution in [0.1, 0.15) is 19.3 Å². The van der Waals surface area contributed by atoms with Crippen molar-refractivity contribution >= 4 is 5.91 Å². The van der Waals surface area contributed by atoms with Crippen molar-refractivity contribution in [2.75, 3.05) is 6.54 Å². The smallest absolute Gasteiger partial charge is 0.226 e. The average Bonchev–Trinajstić information content (AvgIpc) is 2.35. The Morgan fingerprint density at radius 3 is 2.33 bits per heavy atom. The zero-order valence-electron chi connectivity index (χ0n) is 7.31. The van der Waals surface area contributed by atoms with Crippen LogP contribution in [0.25, 0.3) is 0 Å². The van der Waals surface area contributed by atoms with E-state index in [0.29, 0.717) is 0 Å². The van der Waals surface area contributed by atoms with E-state index in [2.05, 4.69) is 18.5 Å². The first-order chi connectivity index (χ1) is 5.75. The van der Waals surface area contributed by atoms with E-state index in [1.165, 1.54) is 0 Å². The molecule has 0 radical (unpaired) electrons. The van der Waals surface area contributed by atoms with Crippen LogP contribution in [0, 0.1) is 5.41 Å². The first-order valence-corrected chi connectivity index (χ1v) is 4.25. The zero-order valence-corrected chi connectivity index (χ0v) is 7.31. The quantitative estimate of drug-likeness (QED) is 0.630. The summed E-state index contributed by atoms with van der Waals surface area (Å²) in [6.07, 6.45) is 6.04. The van der Waals surface area contributed by atoms with Gasteiger partial charge >= 0.3 is 0 Å². The van der Waals surface area contributed by atoms with Crippen LogP contribution in [0.4, 0.5) is 0 Å². The summed E-state index contributed by atoms with van der Waals surface area (Å²) in [7, 11) is 0. The molecule has 1 rings (SSSR count). The predicted octanol–water partition coefficient (Wildman–Crippen LogP) is 1.64. The van der Waals surface area contributed by atoms with Crippen molar-refractivity contribution in [3.05, 3.63) is 25.3 Å². The maximum atomic E-state index is 11.5. The van der Waals surface area contributed by atoms with Gasteiger partial charge in [0, 0.05) is 6.54 Å². The molecule has 0 saturated carbocycles. The molecule has 1 amide bonds. The minimum absolute atomic E-state index is 0.155. The molecule has 0 atom stereocenters. The maximum Gasteiger partial charge on any atom is 0.226 e. The normalized spacial score (nSPS) is 20.2. The van der Waals surface area contributed by atoms with E-state index >= 15 is 0 Å². The van der Waals surface area contributed by atoms with Gasteiger partial charge in [-0.3, -0.25) is 4.79 Å². The standard InChI is InChI=1S/C10H15NO/c1-3-5-10(6-4-2)7-8-11-9(10)12/h3-4H,1-2,5-8H2,(H,11,12). The highest BCUT2D eigenvalue weighted by Gasteiger charge is 2.39. The molecule has 1 heterocycles. The molecule has 0 unspecified atom stereocenters. The van der Waals surface area contributed by atoms with E-state index in [1.54, 1.807) is 0 Å². The van der Waals surface area contributed by atoms with Gasteiger partial charge in [0.15, 0.2) is 0 Å². The number of hydrogen-bond donors (Lipinski definition) is 1. The molecule has 0 aromatic heterocycles. The minimum atomic E-state index is -0.233. The van der Waals surface area contributed by atoms with Crippen LogP contribution >= 0.6 is 0 Å². The van der Waals surface area contributed by atoms with Gasteiger partial charge in [-0.25, -0.2) is 0 Å². The molecule has 1 saturated heterocycles. The molecule has 2 heteroatoms. The van der Waals surface area contributed by atoms with Crippen molar-refractivity contribution in [3.63, 3.8) is 0 Å². The van der Waals surface area contributed by atoms with E-state index in [4.69, 9.17) is 0 Å². The van der Waals surface area contributed by atoms with Gasteiger partial charge in [0.1, 0.15) is 0 Å². The number of carbonyl (C=O) groups excluding carboxylic acids is 1. The van der Waals surface area contributed by atoms with Gasteiger partial charge in [-0.1, -0.05) is 12.2 Å². The number of allylic oxidation sites excluding steroid dienone is 2. The monoisotopic (exact) mass is 165 g/mol. The SMILES string of the molecule is C=CCC1(CC=C)CCNC1=O. The average molecular weight is 165 g/mol. The second kappa shape index (κ2) is 3.57. The Morgan fingerprint density at radius 2 is 2.00 bits per heavy atom. The number of amides is 1. The Morgan fingerprint density at radius 1 is 1.42 bits per heavy atom. The second-order valence-corrected chi connectivity index (χ2v) is 3.27. The van der Waals surface area contributed by atoms with E-state index in [-0.39, 0.29) is 11.3 Å². The fourth-order valence-electron chi connectivity index (χ4n) is 1.74. The lowest BCUT2D eigenvalue weighted by Crippen LogP contribution is -2.30. The van der Waals surface area contributed by atoms with E-state index in [0.717, 1.165) is 25.8 Å². The lowest BCUT2D eigenvalue weighted by molar-refractivity contribution is -0.127. The van der Waals surface area contributed by atoms with Crippen LogP contribution in [0.2, 0.25) is 0 Å². The number of rotatable bonds is 4. The highest BCUT2D eigenvalue weighted by atomic mass is 16.2. The van der Waals surface area contributed by atoms with Gasteiger partial charge < -0.3 is 5.32 Å². The Balaban J connectivity index is 2.76. The van der Waals surface area contributed by atoms with Crippen LogP contribution in [-0.2, 0) is 4.79 Å². The summed E-state index contributed by atoms with van der Waals surface area (Å²) in [4.78, 5) is 11.5. The Kier molecular flexibility index (Phi) is 2.69. The number of hydrogen-bond acceptors (Lipinski definition) is 1. The van der Waals surface area contributed by atoms with Gasteiger partial charge in [-0.05, 0) is 19.3 Å². The summed E-state index contributed by atoms with van der Waals surface area (Å²) in [6, 6.07) is 0. The molecule has 12 heavy (non-hydrogen) atoms. The summed E-state index contributed by atoms with van der Waals surface area (Å²) in [5, 5.41) is 2.85. The van der Waals surface area contributed by atoms with E-state index < -0.39 is 0 Å². The van der Waals surface area contributed by atoms with Crippen molar-refractivity contribution < 1.29 is 4.79 Å². The Hall–Kier alpha value is -1.05. The van der Waals surface area contributed by atoms with Gasteiger partial charge in [0.2, 0.25) is 5.91 Å². The molecule has 0 aromatic rings.